The number of anilines is 1. The van der Waals surface area contributed by atoms with Gasteiger partial charge in [0, 0.05) is 4.47 Å². The second-order valence-electron chi connectivity index (χ2n) is 2.14. The fourth-order valence-corrected chi connectivity index (χ4v) is 1.18. The van der Waals surface area contributed by atoms with E-state index in [1.165, 1.54) is 6.07 Å². The summed E-state index contributed by atoms with van der Waals surface area (Å²) in [6, 6.07) is 4.78. The molecule has 64 valence electrons. The van der Waals surface area contributed by atoms with Gasteiger partial charge in [0.05, 0.1) is 11.3 Å². The van der Waals surface area contributed by atoms with Crippen molar-refractivity contribution >= 4 is 27.6 Å². The van der Waals surface area contributed by atoms with Crippen molar-refractivity contribution in [3.05, 3.63) is 28.2 Å². The molecule has 0 aliphatic carbocycles. The first kappa shape index (κ1) is 9.02. The molecule has 0 amide bonds. The van der Waals surface area contributed by atoms with Gasteiger partial charge >= 0.3 is 5.97 Å². The molecule has 5 heteroatoms. The normalized spacial score (nSPS) is 9.50. The van der Waals surface area contributed by atoms with Gasteiger partial charge in [-0.15, -0.1) is 0 Å². The molecule has 0 unspecified atom stereocenters. The Kier molecular flexibility index (Phi) is 2.67. The van der Waals surface area contributed by atoms with E-state index in [2.05, 4.69) is 21.4 Å². The molecule has 1 aromatic carbocycles. The minimum atomic E-state index is -1.01. The minimum Gasteiger partial charge on any atom is -0.478 e. The zero-order valence-corrected chi connectivity index (χ0v) is 7.63. The molecule has 0 radical (unpaired) electrons. The summed E-state index contributed by atoms with van der Waals surface area (Å²) in [4.78, 5) is 10.6. The maximum absolute atomic E-state index is 10.6. The number of aromatic carboxylic acids is 1. The van der Waals surface area contributed by atoms with Crippen LogP contribution >= 0.6 is 15.9 Å². The number of nitrogens with one attached hydrogen (secondary N) is 1. The van der Waals surface area contributed by atoms with Crippen LogP contribution in [-0.2, 0) is 0 Å². The Bertz CT molecular complexity index is 314. The average molecular weight is 231 g/mol. The average Bonchev–Trinajstić information content (AvgIpc) is 2.04. The second-order valence-corrected chi connectivity index (χ2v) is 3.06. The van der Waals surface area contributed by atoms with Crippen molar-refractivity contribution < 1.29 is 9.90 Å². The molecule has 12 heavy (non-hydrogen) atoms. The van der Waals surface area contributed by atoms with Gasteiger partial charge in [0.1, 0.15) is 0 Å². The number of nitrogen functional groups attached to an aromatic ring is 1. The van der Waals surface area contributed by atoms with Gasteiger partial charge in [-0.3, -0.25) is 5.84 Å². The molecule has 0 heterocycles. The van der Waals surface area contributed by atoms with Crippen molar-refractivity contribution in [1.29, 1.82) is 0 Å². The number of hydrogen-bond acceptors (Lipinski definition) is 3. The summed E-state index contributed by atoms with van der Waals surface area (Å²) in [6.07, 6.45) is 0. The summed E-state index contributed by atoms with van der Waals surface area (Å²) in [5.74, 6) is 4.10. The molecule has 0 atom stereocenters. The van der Waals surface area contributed by atoms with Crippen LogP contribution in [0.3, 0.4) is 0 Å². The predicted octanol–water partition coefficient (Wildman–Crippen LogP) is 1.43. The van der Waals surface area contributed by atoms with Crippen molar-refractivity contribution in [2.45, 2.75) is 0 Å². The Balaban J connectivity index is 3.21. The van der Waals surface area contributed by atoms with E-state index in [0.29, 0.717) is 10.2 Å². The summed E-state index contributed by atoms with van der Waals surface area (Å²) >= 11 is 3.16. The Morgan fingerprint density at radius 3 is 2.75 bits per heavy atom. The maximum atomic E-state index is 10.6. The summed E-state index contributed by atoms with van der Waals surface area (Å²) < 4.78 is 0.707. The van der Waals surface area contributed by atoms with Crippen LogP contribution in [0, 0.1) is 0 Å². The van der Waals surface area contributed by atoms with E-state index in [-0.39, 0.29) is 5.56 Å². The molecule has 0 saturated heterocycles. The van der Waals surface area contributed by atoms with Gasteiger partial charge in [-0.25, -0.2) is 4.79 Å². The van der Waals surface area contributed by atoms with Crippen molar-refractivity contribution in [3.8, 4) is 0 Å². The number of halogens is 1. The highest BCUT2D eigenvalue weighted by atomic mass is 79.9. The topological polar surface area (TPSA) is 75.3 Å². The lowest BCUT2D eigenvalue weighted by Gasteiger charge is -2.04. The summed E-state index contributed by atoms with van der Waals surface area (Å²) in [7, 11) is 0. The standard InChI is InChI=1S/C7H7BrN2O2/c8-4-1-2-6(10-9)5(3-4)7(11)12/h1-3,10H,9H2,(H,11,12). The Hall–Kier alpha value is -1.07. The number of nitrogens with two attached hydrogens (primary N) is 1. The highest BCUT2D eigenvalue weighted by Gasteiger charge is 2.08. The van der Waals surface area contributed by atoms with Crippen LogP contribution in [0.4, 0.5) is 5.69 Å². The zero-order chi connectivity index (χ0) is 9.14. The van der Waals surface area contributed by atoms with Crippen molar-refractivity contribution in [2.75, 3.05) is 5.43 Å². The third-order valence-electron chi connectivity index (χ3n) is 1.37. The van der Waals surface area contributed by atoms with E-state index in [1.807, 2.05) is 0 Å². The first-order valence-electron chi connectivity index (χ1n) is 3.14. The molecule has 0 aromatic heterocycles. The molecular weight excluding hydrogens is 224 g/mol. The first-order chi connectivity index (χ1) is 5.65. The Morgan fingerprint density at radius 1 is 1.58 bits per heavy atom. The largest absolute Gasteiger partial charge is 0.478 e. The van der Waals surface area contributed by atoms with Crippen LogP contribution in [0.1, 0.15) is 10.4 Å². The maximum Gasteiger partial charge on any atom is 0.337 e. The summed E-state index contributed by atoms with van der Waals surface area (Å²) in [5, 5.41) is 8.70. The summed E-state index contributed by atoms with van der Waals surface area (Å²) in [6.45, 7) is 0. The monoisotopic (exact) mass is 230 g/mol. The van der Waals surface area contributed by atoms with Gasteiger partial charge in [-0.1, -0.05) is 15.9 Å². The fourth-order valence-electron chi connectivity index (χ4n) is 0.819. The molecule has 0 spiro atoms. The molecule has 0 aliphatic rings. The summed E-state index contributed by atoms with van der Waals surface area (Å²) in [5.41, 5.74) is 2.84. The van der Waals surface area contributed by atoms with Gasteiger partial charge in [0.25, 0.3) is 0 Å². The number of hydrogen-bond donors (Lipinski definition) is 3. The molecule has 0 bridgehead atoms. The van der Waals surface area contributed by atoms with Crippen LogP contribution in [0.2, 0.25) is 0 Å². The van der Waals surface area contributed by atoms with E-state index in [9.17, 15) is 4.79 Å². The number of hydrazine groups is 1. The van der Waals surface area contributed by atoms with Gasteiger partial charge in [-0.2, -0.15) is 0 Å². The molecule has 1 aromatic rings. The predicted molar refractivity (Wildman–Crippen MR) is 48.9 cm³/mol. The number of carbonyl (C=O) groups is 1. The number of benzene rings is 1. The minimum absolute atomic E-state index is 0.145. The van der Waals surface area contributed by atoms with Crippen molar-refractivity contribution in [2.24, 2.45) is 5.84 Å². The van der Waals surface area contributed by atoms with Gasteiger partial charge in [0.2, 0.25) is 0 Å². The van der Waals surface area contributed by atoms with Gasteiger partial charge in [-0.05, 0) is 18.2 Å². The van der Waals surface area contributed by atoms with Crippen LogP contribution in [0.5, 0.6) is 0 Å². The third-order valence-corrected chi connectivity index (χ3v) is 1.86. The number of carboxylic acid groups (broad SMARTS) is 1. The van der Waals surface area contributed by atoms with Gasteiger partial charge in [0.15, 0.2) is 0 Å². The smallest absolute Gasteiger partial charge is 0.337 e. The van der Waals surface area contributed by atoms with E-state index >= 15 is 0 Å². The molecule has 4 nitrogen and oxygen atoms in total. The lowest BCUT2D eigenvalue weighted by Crippen LogP contribution is -2.11. The quantitative estimate of drug-likeness (QED) is 0.531. The van der Waals surface area contributed by atoms with Crippen molar-refractivity contribution in [3.63, 3.8) is 0 Å². The SMILES string of the molecule is NNc1ccc(Br)cc1C(=O)O. The van der Waals surface area contributed by atoms with Crippen molar-refractivity contribution in [1.82, 2.24) is 0 Å². The van der Waals surface area contributed by atoms with E-state index in [0.717, 1.165) is 0 Å². The molecular formula is C7H7BrN2O2. The molecule has 4 N–H and O–H groups in total. The second kappa shape index (κ2) is 3.55. The van der Waals surface area contributed by atoms with E-state index < -0.39 is 5.97 Å². The number of carboxylic acids is 1. The van der Waals surface area contributed by atoms with Gasteiger partial charge < -0.3 is 10.5 Å². The fraction of sp³-hybridized carbons (Fsp3) is 0. The lowest BCUT2D eigenvalue weighted by molar-refractivity contribution is 0.0698. The van der Waals surface area contributed by atoms with Crippen LogP contribution < -0.4 is 11.3 Å². The zero-order valence-electron chi connectivity index (χ0n) is 6.04. The van der Waals surface area contributed by atoms with E-state index in [1.54, 1.807) is 12.1 Å². The Morgan fingerprint density at radius 2 is 2.25 bits per heavy atom. The molecule has 0 aliphatic heterocycles. The number of rotatable bonds is 2. The van der Waals surface area contributed by atoms with E-state index in [4.69, 9.17) is 10.9 Å². The van der Waals surface area contributed by atoms with Crippen LogP contribution in [0.25, 0.3) is 0 Å². The molecule has 0 fully saturated rings. The highest BCUT2D eigenvalue weighted by molar-refractivity contribution is 9.10. The lowest BCUT2D eigenvalue weighted by atomic mass is 10.2. The molecule has 0 saturated carbocycles. The third kappa shape index (κ3) is 1.75. The van der Waals surface area contributed by atoms with Crippen LogP contribution in [-0.4, -0.2) is 11.1 Å². The van der Waals surface area contributed by atoms with Crippen LogP contribution in [0.15, 0.2) is 22.7 Å². The Labute approximate surface area is 77.5 Å². The first-order valence-corrected chi connectivity index (χ1v) is 3.94. The highest BCUT2D eigenvalue weighted by Crippen LogP contribution is 2.19. The molecule has 1 rings (SSSR count).